The van der Waals surface area contributed by atoms with Gasteiger partial charge < -0.3 is 4.74 Å². The van der Waals surface area contributed by atoms with Crippen LogP contribution in [0.25, 0.3) is 0 Å². The number of thiophene rings is 2. The summed E-state index contributed by atoms with van der Waals surface area (Å²) in [5.41, 5.74) is 2.37. The van der Waals surface area contributed by atoms with E-state index in [4.69, 9.17) is 9.84 Å². The van der Waals surface area contributed by atoms with Gasteiger partial charge in [-0.05, 0) is 45.6 Å². The highest BCUT2D eigenvalue weighted by Gasteiger charge is 2.41. The molecule has 0 spiro atoms. The molecule has 0 fully saturated rings. The summed E-state index contributed by atoms with van der Waals surface area (Å²) in [6.45, 7) is 0. The lowest BCUT2D eigenvalue weighted by atomic mass is 9.98. The Morgan fingerprint density at radius 1 is 1.12 bits per heavy atom. The lowest BCUT2D eigenvalue weighted by molar-refractivity contribution is -0.0165. The van der Waals surface area contributed by atoms with E-state index in [0.717, 1.165) is 26.5 Å². The Morgan fingerprint density at radius 2 is 2.04 bits per heavy atom. The molecule has 6 heteroatoms. The van der Waals surface area contributed by atoms with Crippen molar-refractivity contribution in [3.8, 4) is 5.75 Å². The van der Waals surface area contributed by atoms with Gasteiger partial charge in [0.15, 0.2) is 0 Å². The van der Waals surface area contributed by atoms with Crippen LogP contribution in [-0.2, 0) is 0 Å². The first-order valence-corrected chi connectivity index (χ1v) is 10.2. The van der Waals surface area contributed by atoms with Gasteiger partial charge in [-0.1, -0.05) is 24.3 Å². The number of hydrazone groups is 1. The lowest BCUT2D eigenvalue weighted by Crippen LogP contribution is -2.33. The van der Waals surface area contributed by atoms with Gasteiger partial charge in [-0.25, -0.2) is 5.01 Å². The van der Waals surface area contributed by atoms with Crippen molar-refractivity contribution in [1.29, 1.82) is 0 Å². The summed E-state index contributed by atoms with van der Waals surface area (Å²) in [7, 11) is 0. The van der Waals surface area contributed by atoms with Gasteiger partial charge in [-0.2, -0.15) is 5.10 Å². The van der Waals surface area contributed by atoms with Gasteiger partial charge in [0.2, 0.25) is 6.23 Å². The number of fused-ring (bicyclic) bond motifs is 3. The summed E-state index contributed by atoms with van der Waals surface area (Å²) in [6.07, 6.45) is 0.753. The van der Waals surface area contributed by atoms with Gasteiger partial charge in [-0.15, -0.1) is 22.7 Å². The van der Waals surface area contributed by atoms with Crippen LogP contribution in [0.15, 0.2) is 62.8 Å². The van der Waals surface area contributed by atoms with Crippen molar-refractivity contribution >= 4 is 44.3 Å². The third-order valence-electron chi connectivity index (χ3n) is 4.34. The smallest absolute Gasteiger partial charge is 0.223 e. The second-order valence-corrected chi connectivity index (χ2v) is 9.22. The molecule has 2 aromatic heterocycles. The van der Waals surface area contributed by atoms with E-state index in [1.165, 1.54) is 10.4 Å². The van der Waals surface area contributed by atoms with Crippen LogP contribution in [0.5, 0.6) is 5.75 Å². The zero-order valence-electron chi connectivity index (χ0n) is 12.6. The van der Waals surface area contributed by atoms with Crippen LogP contribution in [0.2, 0.25) is 0 Å². The van der Waals surface area contributed by atoms with Crippen LogP contribution in [-0.4, -0.2) is 10.7 Å². The summed E-state index contributed by atoms with van der Waals surface area (Å²) in [4.78, 5) is 2.41. The highest BCUT2D eigenvalue weighted by molar-refractivity contribution is 9.11. The zero-order chi connectivity index (χ0) is 16.1. The fourth-order valence-electron chi connectivity index (χ4n) is 3.27. The monoisotopic (exact) mass is 416 g/mol. The summed E-state index contributed by atoms with van der Waals surface area (Å²) < 4.78 is 7.43. The van der Waals surface area contributed by atoms with Gasteiger partial charge >= 0.3 is 0 Å². The minimum Gasteiger partial charge on any atom is -0.464 e. The second-order valence-electron chi connectivity index (χ2n) is 5.77. The number of rotatable bonds is 2. The van der Waals surface area contributed by atoms with Crippen molar-refractivity contribution in [2.75, 3.05) is 0 Å². The summed E-state index contributed by atoms with van der Waals surface area (Å²) in [5.74, 6) is 0.968. The number of benzene rings is 1. The van der Waals surface area contributed by atoms with E-state index in [2.05, 4.69) is 68.8 Å². The van der Waals surface area contributed by atoms with Crippen molar-refractivity contribution < 1.29 is 4.74 Å². The Kier molecular flexibility index (Phi) is 3.50. The van der Waals surface area contributed by atoms with Crippen molar-refractivity contribution in [3.63, 3.8) is 0 Å². The van der Waals surface area contributed by atoms with Crippen molar-refractivity contribution in [3.05, 3.63) is 73.0 Å². The number of ether oxygens (including phenoxy) is 1. The Balaban J connectivity index is 1.61. The van der Waals surface area contributed by atoms with E-state index in [9.17, 15) is 0 Å². The number of hydrogen-bond acceptors (Lipinski definition) is 5. The molecule has 2 aliphatic heterocycles. The third-order valence-corrected chi connectivity index (χ3v) is 6.92. The molecule has 0 bridgehead atoms. The molecule has 0 radical (unpaired) electrons. The van der Waals surface area contributed by atoms with Crippen molar-refractivity contribution in [2.45, 2.75) is 18.7 Å². The number of para-hydroxylation sites is 1. The van der Waals surface area contributed by atoms with Gasteiger partial charge in [-0.3, -0.25) is 0 Å². The van der Waals surface area contributed by atoms with Crippen molar-refractivity contribution in [2.24, 2.45) is 5.10 Å². The quantitative estimate of drug-likeness (QED) is 0.525. The summed E-state index contributed by atoms with van der Waals surface area (Å²) in [5, 5.41) is 9.18. The normalized spacial score (nSPS) is 21.9. The molecular formula is C18H13BrN2OS2. The molecule has 5 rings (SSSR count). The maximum Gasteiger partial charge on any atom is 0.223 e. The first-order valence-electron chi connectivity index (χ1n) is 7.70. The molecular weight excluding hydrogens is 404 g/mol. The fourth-order valence-corrected chi connectivity index (χ4v) is 5.44. The lowest BCUT2D eigenvalue weighted by Gasteiger charge is -2.37. The molecule has 0 N–H and O–H groups in total. The van der Waals surface area contributed by atoms with Crippen molar-refractivity contribution in [1.82, 2.24) is 5.01 Å². The summed E-state index contributed by atoms with van der Waals surface area (Å²) >= 11 is 7.00. The zero-order valence-corrected chi connectivity index (χ0v) is 15.8. The highest BCUT2D eigenvalue weighted by atomic mass is 79.9. The van der Waals surface area contributed by atoms with Gasteiger partial charge in [0, 0.05) is 12.0 Å². The van der Waals surface area contributed by atoms with E-state index >= 15 is 0 Å². The second kappa shape index (κ2) is 5.72. The van der Waals surface area contributed by atoms with E-state index in [1.54, 1.807) is 22.7 Å². The van der Waals surface area contributed by atoms with Gasteiger partial charge in [0.1, 0.15) is 5.75 Å². The maximum atomic E-state index is 6.32. The molecule has 1 aromatic carbocycles. The first-order chi connectivity index (χ1) is 11.8. The molecule has 2 atom stereocenters. The fraction of sp³-hybridized carbons (Fsp3) is 0.167. The number of hydrogen-bond donors (Lipinski definition) is 0. The Hall–Kier alpha value is -1.63. The van der Waals surface area contributed by atoms with Gasteiger partial charge in [0.25, 0.3) is 0 Å². The number of halogens is 1. The molecule has 120 valence electrons. The molecule has 0 unspecified atom stereocenters. The molecule has 0 amide bonds. The van der Waals surface area contributed by atoms with Crippen LogP contribution in [0.3, 0.4) is 0 Å². The van der Waals surface area contributed by atoms with E-state index < -0.39 is 0 Å². The molecule has 3 aromatic rings. The Bertz CT molecular complexity index is 919. The largest absolute Gasteiger partial charge is 0.464 e. The predicted octanol–water partition coefficient (Wildman–Crippen LogP) is 5.81. The topological polar surface area (TPSA) is 24.8 Å². The molecule has 0 aliphatic carbocycles. The summed E-state index contributed by atoms with van der Waals surface area (Å²) in [6, 6.07) is 17.0. The predicted molar refractivity (Wildman–Crippen MR) is 102 cm³/mol. The molecule has 4 heterocycles. The molecule has 24 heavy (non-hydrogen) atoms. The number of nitrogens with zero attached hydrogens (tertiary/aromatic N) is 2. The average Bonchev–Trinajstić information content (AvgIpc) is 3.34. The van der Waals surface area contributed by atoms with E-state index in [0.29, 0.717) is 0 Å². The standard InChI is InChI=1S/C18H13BrN2OS2/c19-17-8-7-16(24-17)18-21-13(11-4-1-2-5-14(11)22-18)10-12(20-21)15-6-3-9-23-15/h1-9,13,18H,10H2/t13-,18+/m1/s1. The minimum absolute atomic E-state index is 0.168. The SMILES string of the molecule is Brc1ccc([C@@H]2Oc3ccccc3[C@H]3CC(c4cccs4)=NN32)s1. The first kappa shape index (κ1) is 14.7. The van der Waals surface area contributed by atoms with E-state index in [-0.39, 0.29) is 12.3 Å². The molecule has 0 saturated heterocycles. The molecule has 3 nitrogen and oxygen atoms in total. The van der Waals surface area contributed by atoms with Gasteiger partial charge in [0.05, 0.1) is 25.3 Å². The van der Waals surface area contributed by atoms with Crippen LogP contribution >= 0.6 is 38.6 Å². The highest BCUT2D eigenvalue weighted by Crippen LogP contribution is 2.48. The third kappa shape index (κ3) is 2.32. The Labute approximate surface area is 156 Å². The van der Waals surface area contributed by atoms with Crippen LogP contribution < -0.4 is 4.74 Å². The average molecular weight is 417 g/mol. The van der Waals surface area contributed by atoms with Crippen LogP contribution in [0, 0.1) is 0 Å². The molecule has 0 saturated carbocycles. The van der Waals surface area contributed by atoms with Crippen LogP contribution in [0.1, 0.15) is 34.0 Å². The maximum absolute atomic E-state index is 6.32. The minimum atomic E-state index is -0.168. The van der Waals surface area contributed by atoms with Crippen LogP contribution in [0.4, 0.5) is 0 Å². The van der Waals surface area contributed by atoms with E-state index in [1.807, 2.05) is 6.07 Å². The molecule has 2 aliphatic rings. The Morgan fingerprint density at radius 3 is 2.83 bits per heavy atom.